The van der Waals surface area contributed by atoms with Crippen LogP contribution < -0.4 is 10.6 Å². The Kier molecular flexibility index (Phi) is 8.19. The van der Waals surface area contributed by atoms with Crippen molar-refractivity contribution in [1.82, 2.24) is 10.3 Å². The van der Waals surface area contributed by atoms with Crippen molar-refractivity contribution in [3.05, 3.63) is 81.8 Å². The van der Waals surface area contributed by atoms with Gasteiger partial charge in [-0.1, -0.05) is 60.1 Å². The van der Waals surface area contributed by atoms with Crippen LogP contribution in [0.2, 0.25) is 5.02 Å². The van der Waals surface area contributed by atoms with Gasteiger partial charge in [0.25, 0.3) is 0 Å². The molecule has 0 bridgehead atoms. The number of benzene rings is 2. The van der Waals surface area contributed by atoms with Crippen LogP contribution in [0.15, 0.2) is 71.2 Å². The summed E-state index contributed by atoms with van der Waals surface area (Å²) in [6.07, 6.45) is 0. The fraction of sp³-hybridized carbons (Fsp3) is 0.321. The summed E-state index contributed by atoms with van der Waals surface area (Å²) in [6.45, 7) is 7.65. The van der Waals surface area contributed by atoms with E-state index in [1.807, 2.05) is 73.8 Å². The van der Waals surface area contributed by atoms with Gasteiger partial charge in [-0.15, -0.1) is 11.3 Å². The summed E-state index contributed by atoms with van der Waals surface area (Å²) in [5.74, 6) is -2.32. The minimum Gasteiger partial charge on any atom is -0.466 e. The standard InChI is InChI=1S/C28H30ClN3O4S/c1-5-35-25(33)22-17(3)31-28(4,24(26(34)36-6-2)23(22)18-12-8-7-9-13-18)32-27-30-21(16-37-27)19-14-10-11-15-20(19)29/h7-16,23-24,31H,5-6H2,1-4H3,(H,30,32). The number of nitrogens with zero attached hydrogens (tertiary/aromatic N) is 1. The van der Waals surface area contributed by atoms with Crippen molar-refractivity contribution in [3.8, 4) is 11.3 Å². The van der Waals surface area contributed by atoms with Gasteiger partial charge in [-0.05, 0) is 39.3 Å². The molecule has 2 heterocycles. The summed E-state index contributed by atoms with van der Waals surface area (Å²) < 4.78 is 11.0. The molecule has 0 saturated carbocycles. The van der Waals surface area contributed by atoms with Crippen molar-refractivity contribution in [3.63, 3.8) is 0 Å². The maximum Gasteiger partial charge on any atom is 0.336 e. The Morgan fingerprint density at radius 2 is 1.76 bits per heavy atom. The predicted octanol–water partition coefficient (Wildman–Crippen LogP) is 6.00. The van der Waals surface area contributed by atoms with E-state index in [0.29, 0.717) is 21.4 Å². The van der Waals surface area contributed by atoms with Crippen LogP contribution in [0.4, 0.5) is 5.13 Å². The van der Waals surface area contributed by atoms with Gasteiger partial charge in [0.2, 0.25) is 0 Å². The van der Waals surface area contributed by atoms with E-state index in [2.05, 4.69) is 10.6 Å². The molecule has 3 aromatic rings. The molecule has 3 unspecified atom stereocenters. The van der Waals surface area contributed by atoms with Crippen LogP contribution in [-0.2, 0) is 19.1 Å². The number of aromatic nitrogens is 1. The van der Waals surface area contributed by atoms with Gasteiger partial charge in [-0.25, -0.2) is 9.78 Å². The van der Waals surface area contributed by atoms with Crippen LogP contribution in [0.25, 0.3) is 11.3 Å². The summed E-state index contributed by atoms with van der Waals surface area (Å²) in [6, 6.07) is 17.0. The zero-order valence-corrected chi connectivity index (χ0v) is 22.8. The van der Waals surface area contributed by atoms with Crippen molar-refractivity contribution in [2.75, 3.05) is 18.5 Å². The Labute approximate surface area is 225 Å². The third kappa shape index (κ3) is 5.50. The Balaban J connectivity index is 1.81. The second-order valence-corrected chi connectivity index (χ2v) is 10.1. The van der Waals surface area contributed by atoms with Gasteiger partial charge in [0.05, 0.1) is 24.5 Å². The molecule has 0 aliphatic carbocycles. The van der Waals surface area contributed by atoms with Crippen molar-refractivity contribution in [2.24, 2.45) is 5.92 Å². The van der Waals surface area contributed by atoms with Crippen LogP contribution in [-0.4, -0.2) is 35.8 Å². The summed E-state index contributed by atoms with van der Waals surface area (Å²) in [5, 5.41) is 9.95. The average Bonchev–Trinajstić information content (AvgIpc) is 3.32. The Hall–Kier alpha value is -3.36. The fourth-order valence-corrected chi connectivity index (χ4v) is 5.89. The van der Waals surface area contributed by atoms with Crippen LogP contribution in [0, 0.1) is 5.92 Å². The van der Waals surface area contributed by atoms with Gasteiger partial charge in [0, 0.05) is 27.6 Å². The predicted molar refractivity (Wildman–Crippen MR) is 146 cm³/mol. The van der Waals surface area contributed by atoms with Crippen LogP contribution >= 0.6 is 22.9 Å². The van der Waals surface area contributed by atoms with E-state index in [4.69, 9.17) is 26.1 Å². The smallest absolute Gasteiger partial charge is 0.336 e. The number of nitrogens with one attached hydrogen (secondary N) is 2. The van der Waals surface area contributed by atoms with E-state index >= 15 is 0 Å². The Morgan fingerprint density at radius 3 is 2.43 bits per heavy atom. The van der Waals surface area contributed by atoms with Crippen molar-refractivity contribution < 1.29 is 19.1 Å². The van der Waals surface area contributed by atoms with Gasteiger partial charge in [0.1, 0.15) is 11.6 Å². The first kappa shape index (κ1) is 26.7. The molecule has 194 valence electrons. The molecule has 2 aromatic carbocycles. The number of carbonyl (C=O) groups excluding carboxylic acids is 2. The third-order valence-electron chi connectivity index (χ3n) is 6.33. The van der Waals surface area contributed by atoms with E-state index in [1.54, 1.807) is 13.8 Å². The first-order valence-corrected chi connectivity index (χ1v) is 13.4. The molecule has 0 fully saturated rings. The first-order chi connectivity index (χ1) is 17.8. The molecule has 0 radical (unpaired) electrons. The van der Waals surface area contributed by atoms with Crippen molar-refractivity contribution in [1.29, 1.82) is 0 Å². The monoisotopic (exact) mass is 539 g/mol. The maximum atomic E-state index is 13.6. The normalized spacial score (nSPS) is 21.2. The second-order valence-electron chi connectivity index (χ2n) is 8.85. The Morgan fingerprint density at radius 1 is 1.08 bits per heavy atom. The van der Waals surface area contributed by atoms with Gasteiger partial charge in [-0.3, -0.25) is 4.79 Å². The lowest BCUT2D eigenvalue weighted by atomic mass is 9.71. The second kappa shape index (κ2) is 11.4. The molecule has 3 atom stereocenters. The largest absolute Gasteiger partial charge is 0.466 e. The maximum absolute atomic E-state index is 13.6. The number of halogens is 1. The molecule has 1 aliphatic heterocycles. The number of rotatable bonds is 8. The third-order valence-corrected chi connectivity index (χ3v) is 7.42. The minimum absolute atomic E-state index is 0.207. The van der Waals surface area contributed by atoms with Crippen LogP contribution in [0.1, 0.15) is 39.2 Å². The molecular weight excluding hydrogens is 510 g/mol. The number of ether oxygens (including phenoxy) is 2. The number of anilines is 1. The highest BCUT2D eigenvalue weighted by atomic mass is 35.5. The van der Waals surface area contributed by atoms with E-state index in [-0.39, 0.29) is 13.2 Å². The topological polar surface area (TPSA) is 89.5 Å². The zero-order chi connectivity index (χ0) is 26.6. The lowest BCUT2D eigenvalue weighted by Gasteiger charge is -2.46. The highest BCUT2D eigenvalue weighted by Gasteiger charge is 2.52. The molecule has 4 rings (SSSR count). The van der Waals surface area contributed by atoms with Crippen LogP contribution in [0.3, 0.4) is 0 Å². The molecule has 37 heavy (non-hydrogen) atoms. The number of allylic oxidation sites excluding steroid dienone is 1. The molecule has 1 aromatic heterocycles. The molecule has 0 amide bonds. The zero-order valence-electron chi connectivity index (χ0n) is 21.2. The average molecular weight is 540 g/mol. The molecule has 0 spiro atoms. The first-order valence-electron chi connectivity index (χ1n) is 12.1. The van der Waals surface area contributed by atoms with Gasteiger partial charge in [-0.2, -0.15) is 0 Å². The SMILES string of the molecule is CCOC(=O)C1=C(C)NC(C)(Nc2nc(-c3ccccc3Cl)cs2)C(C(=O)OCC)C1c1ccccc1. The molecule has 7 nitrogen and oxygen atoms in total. The van der Waals surface area contributed by atoms with Gasteiger partial charge in [0.15, 0.2) is 5.13 Å². The quantitative estimate of drug-likeness (QED) is 0.339. The summed E-state index contributed by atoms with van der Waals surface area (Å²) in [4.78, 5) is 31.5. The molecule has 9 heteroatoms. The Bertz CT molecular complexity index is 1310. The van der Waals surface area contributed by atoms with Crippen LogP contribution in [0.5, 0.6) is 0 Å². The summed E-state index contributed by atoms with van der Waals surface area (Å²) >= 11 is 7.79. The van der Waals surface area contributed by atoms with Gasteiger partial charge < -0.3 is 20.1 Å². The highest BCUT2D eigenvalue weighted by molar-refractivity contribution is 7.14. The molecule has 0 saturated heterocycles. The van der Waals surface area contributed by atoms with Crippen molar-refractivity contribution in [2.45, 2.75) is 39.3 Å². The summed E-state index contributed by atoms with van der Waals surface area (Å²) in [5.41, 5.74) is 2.34. The molecule has 1 aliphatic rings. The minimum atomic E-state index is -1.04. The lowest BCUT2D eigenvalue weighted by molar-refractivity contribution is -0.152. The van der Waals surface area contributed by atoms with Crippen molar-refractivity contribution >= 4 is 40.0 Å². The molecule has 2 N–H and O–H groups in total. The molecular formula is C28H30ClN3O4S. The number of hydrogen-bond donors (Lipinski definition) is 2. The van der Waals surface area contributed by atoms with E-state index < -0.39 is 29.4 Å². The number of carbonyl (C=O) groups is 2. The fourth-order valence-electron chi connectivity index (χ4n) is 4.83. The van der Waals surface area contributed by atoms with E-state index in [9.17, 15) is 9.59 Å². The highest BCUT2D eigenvalue weighted by Crippen LogP contribution is 2.45. The number of hydrogen-bond acceptors (Lipinski definition) is 8. The summed E-state index contributed by atoms with van der Waals surface area (Å²) in [7, 11) is 0. The lowest BCUT2D eigenvalue weighted by Crippen LogP contribution is -2.62. The van der Waals surface area contributed by atoms with E-state index in [0.717, 1.165) is 16.8 Å². The number of esters is 2. The van der Waals surface area contributed by atoms with Gasteiger partial charge >= 0.3 is 11.9 Å². The van der Waals surface area contributed by atoms with E-state index in [1.165, 1.54) is 11.3 Å². The number of thiazole rings is 1.